The second kappa shape index (κ2) is 28.1. The Morgan fingerprint density at radius 2 is 0.539 bits per heavy atom. The van der Waals surface area contributed by atoms with E-state index in [0.717, 1.165) is 219 Å². The molecule has 0 N–H and O–H groups in total. The van der Waals surface area contributed by atoms with Crippen LogP contribution >= 0.6 is 0 Å². The third kappa shape index (κ3) is 11.4. The van der Waals surface area contributed by atoms with Crippen LogP contribution in [0, 0.1) is 0 Å². The molecule has 0 aliphatic rings. The molecule has 0 saturated carbocycles. The number of furan rings is 2. The van der Waals surface area contributed by atoms with Crippen LogP contribution in [0.3, 0.4) is 0 Å². The Hall–Kier alpha value is -17.3. The molecule has 0 atom stereocenters. The molecule has 27 aromatic rings. The largest absolute Gasteiger partial charge is 0.456 e. The van der Waals surface area contributed by atoms with E-state index < -0.39 is 0 Å². The van der Waals surface area contributed by atoms with Crippen LogP contribution < -0.4 is 0 Å². The Morgan fingerprint density at radius 3 is 1.13 bits per heavy atom. The molecule has 6 heterocycles. The maximum absolute atomic E-state index is 7.29. The fraction of sp³-hybridized carbons (Fsp3) is 0. The molecule has 0 spiro atoms. The van der Waals surface area contributed by atoms with Gasteiger partial charge in [-0.15, -0.1) is 0 Å². The van der Waals surface area contributed by atoms with E-state index in [-0.39, 0.29) is 0 Å². The van der Waals surface area contributed by atoms with Gasteiger partial charge in [0, 0.05) is 71.1 Å². The number of rotatable bonds is 11. The lowest BCUT2D eigenvalue weighted by atomic mass is 9.96. The predicted octanol–water partition coefficient (Wildman–Crippen LogP) is 31.1. The van der Waals surface area contributed by atoms with Gasteiger partial charge in [-0.05, 0) is 194 Å². The van der Waals surface area contributed by atoms with Gasteiger partial charge in [-0.3, -0.25) is 0 Å². The van der Waals surface area contributed by atoms with Crippen LogP contribution in [0.25, 0.3) is 276 Å². The molecule has 10 heteroatoms. The average Bonchev–Trinajstić information content (AvgIpc) is 1.53. The summed E-state index contributed by atoms with van der Waals surface area (Å²) in [6.07, 6.45) is 0. The van der Waals surface area contributed by atoms with Gasteiger partial charge in [0.2, 0.25) is 0 Å². The molecule has 0 aliphatic carbocycles. The van der Waals surface area contributed by atoms with Gasteiger partial charge >= 0.3 is 0 Å². The number of para-hydroxylation sites is 1. The molecule has 0 unspecified atom stereocenters. The number of aromatic nitrogens is 8. The van der Waals surface area contributed by atoms with Crippen molar-refractivity contribution in [1.82, 2.24) is 39.0 Å². The molecule has 0 fully saturated rings. The fourth-order valence-electron chi connectivity index (χ4n) is 20.0. The van der Waals surface area contributed by atoms with Crippen LogP contribution in [0.1, 0.15) is 0 Å². The van der Waals surface area contributed by atoms with E-state index in [4.69, 9.17) is 38.7 Å². The molecule has 128 heavy (non-hydrogen) atoms. The number of hydrogen-bond acceptors (Lipinski definition) is 8. The van der Waals surface area contributed by atoms with Gasteiger partial charge < -0.3 is 18.0 Å². The van der Waals surface area contributed by atoms with Gasteiger partial charge in [-0.25, -0.2) is 29.9 Å². The predicted molar refractivity (Wildman–Crippen MR) is 528 cm³/mol. The van der Waals surface area contributed by atoms with Gasteiger partial charge in [0.1, 0.15) is 22.3 Å². The van der Waals surface area contributed by atoms with Crippen LogP contribution in [0.4, 0.5) is 0 Å². The molecular weight excluding hydrogens is 1560 g/mol. The van der Waals surface area contributed by atoms with E-state index in [9.17, 15) is 0 Å². The van der Waals surface area contributed by atoms with Gasteiger partial charge in [0.25, 0.3) is 0 Å². The highest BCUT2D eigenvalue weighted by Crippen LogP contribution is 2.49. The molecule has 0 amide bonds. The monoisotopic (exact) mass is 1630 g/mol. The van der Waals surface area contributed by atoms with E-state index in [2.05, 4.69) is 410 Å². The van der Waals surface area contributed by atoms with Crippen molar-refractivity contribution in [2.45, 2.75) is 0 Å². The second-order valence-corrected chi connectivity index (χ2v) is 33.6. The molecule has 10 nitrogen and oxygen atoms in total. The highest BCUT2D eigenvalue weighted by Gasteiger charge is 2.28. The lowest BCUT2D eigenvalue weighted by Gasteiger charge is -2.14. The molecule has 0 saturated heterocycles. The Labute approximate surface area is 731 Å². The van der Waals surface area contributed by atoms with Crippen LogP contribution in [0.5, 0.6) is 0 Å². The van der Waals surface area contributed by atoms with Crippen molar-refractivity contribution >= 4 is 163 Å². The van der Waals surface area contributed by atoms with Crippen molar-refractivity contribution < 1.29 is 8.83 Å². The zero-order valence-electron chi connectivity index (χ0n) is 68.7. The smallest absolute Gasteiger partial charge is 0.164 e. The zero-order valence-corrected chi connectivity index (χ0v) is 68.7. The van der Waals surface area contributed by atoms with E-state index in [0.29, 0.717) is 34.9 Å². The lowest BCUT2D eigenvalue weighted by molar-refractivity contribution is 0.669. The summed E-state index contributed by atoms with van der Waals surface area (Å²) in [6, 6.07) is 148. The Kier molecular flexibility index (Phi) is 15.6. The molecule has 592 valence electrons. The first-order chi connectivity index (χ1) is 63.3. The summed E-state index contributed by atoms with van der Waals surface area (Å²) in [5.74, 6) is 3.31. The Morgan fingerprint density at radius 1 is 0.164 bits per heavy atom. The number of nitrogens with zero attached hydrogens (tertiary/aromatic N) is 8. The standard InChI is InChI=1S/C118H68N8O2/c1-2-19-69(20-3-1)71-41-46-78(47-42-71)114-121-117(124-118(123-114)94-35-18-31-75-22-12-14-32-91(75)94)90-66-105(111-96-55-51-76-23-13-15-33-93(76)112(96)128-108(111)68-90)125-100-56-53-87-57-86(52-54-92(87)109(100)99-61-82-27-8-11-30-85(82)64-103(99)125)74-39-37-72(38-40-74)73-43-48-77(49-44-73)113-119-115(88-50-45-70-21-4-5-24-79(70)58-88)122-116(120-113)89-65-104(110-95-34-16-17-36-106(95)127-107(110)67-89)126-101-62-83-28-9-6-25-80(83)59-97(101)98-60-81-26-7-10-29-84(81)63-102(98)126/h1-68H. The van der Waals surface area contributed by atoms with Crippen molar-refractivity contribution in [3.05, 3.63) is 413 Å². The zero-order chi connectivity index (χ0) is 83.8. The molecule has 27 rings (SSSR count). The number of benzene rings is 21. The van der Waals surface area contributed by atoms with Gasteiger partial charge in [-0.1, -0.05) is 322 Å². The number of fused-ring (bicyclic) bond motifs is 21. The lowest BCUT2D eigenvalue weighted by Crippen LogP contribution is -2.02. The Bertz CT molecular complexity index is 9290. The molecular formula is C118H68N8O2. The second-order valence-electron chi connectivity index (χ2n) is 33.6. The highest BCUT2D eigenvalue weighted by molar-refractivity contribution is 6.26. The molecule has 0 aliphatic heterocycles. The molecule has 0 radical (unpaired) electrons. The van der Waals surface area contributed by atoms with Crippen molar-refractivity contribution in [3.8, 4) is 113 Å². The van der Waals surface area contributed by atoms with E-state index in [1.807, 2.05) is 12.1 Å². The summed E-state index contributed by atoms with van der Waals surface area (Å²) < 4.78 is 19.1. The van der Waals surface area contributed by atoms with Gasteiger partial charge in [0.15, 0.2) is 34.9 Å². The molecule has 21 aromatic carbocycles. The summed E-state index contributed by atoms with van der Waals surface area (Å²) in [5.41, 5.74) is 21.0. The summed E-state index contributed by atoms with van der Waals surface area (Å²) in [5, 5.41) is 24.5. The summed E-state index contributed by atoms with van der Waals surface area (Å²) in [7, 11) is 0. The topological polar surface area (TPSA) is 113 Å². The van der Waals surface area contributed by atoms with E-state index >= 15 is 0 Å². The summed E-state index contributed by atoms with van der Waals surface area (Å²) in [6.45, 7) is 0. The SMILES string of the molecule is c1ccc(-c2ccc(-c3nc(-c4cc(-n5c6cc7ccccc7cc6c6c7ccc(-c8ccc(-c9ccc(-c%10nc(-c%11ccc%12ccccc%12c%11)nc(-c%11cc(-n%12c%13cc%14ccccc%14cc%13c%13cc%14ccccc%14cc%13%12)c%12c(c%11)oc%11ccccc%11%12)n%10)cc9)cc8)cc7ccc65)c5c(c4)oc4c6ccccc6ccc45)nc(-c4cccc5ccccc45)n3)cc2)cc1. The van der Waals surface area contributed by atoms with Crippen LogP contribution in [0.2, 0.25) is 0 Å². The Balaban J connectivity index is 0.573. The van der Waals surface area contributed by atoms with E-state index in [1.165, 1.54) is 21.5 Å². The third-order valence-electron chi connectivity index (χ3n) is 26.3. The van der Waals surface area contributed by atoms with Gasteiger partial charge in [0.05, 0.1) is 44.2 Å². The van der Waals surface area contributed by atoms with Crippen LogP contribution in [-0.4, -0.2) is 39.0 Å². The maximum atomic E-state index is 7.29. The minimum Gasteiger partial charge on any atom is -0.456 e. The minimum atomic E-state index is 0.524. The third-order valence-corrected chi connectivity index (χ3v) is 26.3. The number of hydrogen-bond donors (Lipinski definition) is 0. The van der Waals surface area contributed by atoms with Crippen molar-refractivity contribution in [1.29, 1.82) is 0 Å². The summed E-state index contributed by atoms with van der Waals surface area (Å²) in [4.78, 5) is 32.6. The normalized spacial score (nSPS) is 12.1. The maximum Gasteiger partial charge on any atom is 0.164 e. The van der Waals surface area contributed by atoms with Crippen molar-refractivity contribution in [2.75, 3.05) is 0 Å². The quantitative estimate of drug-likeness (QED) is 0.126. The first-order valence-corrected chi connectivity index (χ1v) is 43.3. The first kappa shape index (κ1) is 71.3. The highest BCUT2D eigenvalue weighted by atomic mass is 16.3. The molecule has 6 aromatic heterocycles. The first-order valence-electron chi connectivity index (χ1n) is 43.3. The minimum absolute atomic E-state index is 0.524. The van der Waals surface area contributed by atoms with Crippen molar-refractivity contribution in [3.63, 3.8) is 0 Å². The van der Waals surface area contributed by atoms with Crippen LogP contribution in [-0.2, 0) is 0 Å². The molecule has 0 bridgehead atoms. The van der Waals surface area contributed by atoms with E-state index in [1.54, 1.807) is 0 Å². The average molecular weight is 1630 g/mol. The fourth-order valence-corrected chi connectivity index (χ4v) is 20.0. The summed E-state index contributed by atoms with van der Waals surface area (Å²) >= 11 is 0. The van der Waals surface area contributed by atoms with Crippen LogP contribution in [0.15, 0.2) is 421 Å². The van der Waals surface area contributed by atoms with Gasteiger partial charge in [-0.2, -0.15) is 0 Å². The van der Waals surface area contributed by atoms with Crippen molar-refractivity contribution in [2.24, 2.45) is 0 Å².